The zero-order valence-electron chi connectivity index (χ0n) is 36.9. The number of hydrogen-bond donors (Lipinski definition) is 3. The highest BCUT2D eigenvalue weighted by Crippen LogP contribution is 2.72. The summed E-state index contributed by atoms with van der Waals surface area (Å²) in [5.41, 5.74) is 1.05. The molecule has 1 saturated heterocycles. The quantitative estimate of drug-likeness (QED) is 0.133. The van der Waals surface area contributed by atoms with Crippen LogP contribution in [-0.4, -0.2) is 88.1 Å². The van der Waals surface area contributed by atoms with Crippen LogP contribution in [0, 0.1) is 22.7 Å². The first-order chi connectivity index (χ1) is 31.3. The van der Waals surface area contributed by atoms with E-state index in [4.69, 9.17) is 24.7 Å². The van der Waals surface area contributed by atoms with Crippen LogP contribution >= 0.6 is 0 Å². The fourth-order valence-corrected chi connectivity index (χ4v) is 11.8. The summed E-state index contributed by atoms with van der Waals surface area (Å²) in [5.74, 6) is -6.67. The van der Waals surface area contributed by atoms with Gasteiger partial charge in [-0.25, -0.2) is 18.4 Å². The third-order valence-corrected chi connectivity index (χ3v) is 14.9. The molecule has 13 nitrogen and oxygen atoms in total. The molecule has 66 heavy (non-hydrogen) atoms. The first kappa shape index (κ1) is 45.2. The average molecular weight is 904 g/mol. The van der Waals surface area contributed by atoms with Crippen LogP contribution in [0.4, 0.5) is 14.5 Å². The molecule has 4 N–H and O–H groups in total. The molecule has 15 heteroatoms. The number of benzene rings is 3. The highest BCUT2D eigenvalue weighted by molar-refractivity contribution is 6.02. The topological polar surface area (TPSA) is 193 Å². The number of alkyl halides is 2. The van der Waals surface area contributed by atoms with Gasteiger partial charge < -0.3 is 35.1 Å². The number of rotatable bonds is 11. The Hall–Kier alpha value is -6.00. The molecule has 9 rings (SSSR count). The van der Waals surface area contributed by atoms with Crippen molar-refractivity contribution in [1.29, 1.82) is 0 Å². The summed E-state index contributed by atoms with van der Waals surface area (Å²) >= 11 is 0. The van der Waals surface area contributed by atoms with E-state index in [1.54, 1.807) is 63.5 Å². The second kappa shape index (κ2) is 16.4. The van der Waals surface area contributed by atoms with Crippen molar-refractivity contribution in [2.24, 2.45) is 28.4 Å². The van der Waals surface area contributed by atoms with Gasteiger partial charge >= 0.3 is 11.9 Å². The standard InChI is InChI=1S/C51H51F2N3O10/c1-47(2)65-43-22-37-38-21-40(52)39-20-35(57)14-16-48(39,3)50(38,53)41(58)23-49(37,4)51(43,66-47)42(59)27-64-46(62)30-10-8-29(9-11-30)45(61)63-26-28-6-5-7-32(18-28)36(24-54)44(60)56-34-13-12-33-25-55-17-15-31(33)19-34/h5-20,25,36-38,40-41,43,58H,21-24,26-27,54H2,1-4H3,(H,56,60)/t36-,37+,38+,40+,41+,43-,48+,49+,50+,51-/m1/s1. The number of fused-ring (bicyclic) bond motifs is 8. The molecule has 5 aliphatic rings. The predicted octanol–water partition coefficient (Wildman–Crippen LogP) is 6.82. The smallest absolute Gasteiger partial charge is 0.338 e. The lowest BCUT2D eigenvalue weighted by Crippen LogP contribution is -2.71. The van der Waals surface area contributed by atoms with Gasteiger partial charge in [0.25, 0.3) is 0 Å². The van der Waals surface area contributed by atoms with Crippen molar-refractivity contribution in [3.63, 3.8) is 0 Å². The number of allylic oxidation sites excluding steroid dienone is 4. The highest BCUT2D eigenvalue weighted by atomic mass is 19.1. The zero-order valence-corrected chi connectivity index (χ0v) is 36.9. The number of halogens is 2. The molecule has 344 valence electrons. The Bertz CT molecular complexity index is 2720. The van der Waals surface area contributed by atoms with Crippen molar-refractivity contribution >= 4 is 45.9 Å². The second-order valence-electron chi connectivity index (χ2n) is 19.1. The Morgan fingerprint density at radius 2 is 1.67 bits per heavy atom. The van der Waals surface area contributed by atoms with Crippen LogP contribution in [0.25, 0.3) is 10.8 Å². The third-order valence-electron chi connectivity index (χ3n) is 14.9. The monoisotopic (exact) mass is 903 g/mol. The molecule has 0 unspecified atom stereocenters. The Morgan fingerprint density at radius 1 is 0.939 bits per heavy atom. The number of pyridine rings is 1. The average Bonchev–Trinajstić information content (AvgIpc) is 3.71. The van der Waals surface area contributed by atoms with E-state index in [0.717, 1.165) is 16.8 Å². The SMILES string of the molecule is CC1(C)O[C@@H]2C[C@H]3[C@@H]4C[C@H](F)C5=CC(=O)C=C[C@]5(C)[C@@]4(F)[C@@H](O)C[C@]3(C)[C@]2(C(=O)COC(=O)c2ccc(C(=O)OCc3cccc([C@@H](CN)C(=O)Nc4ccc5cnccc5c4)c3)cc2)O1. The predicted molar refractivity (Wildman–Crippen MR) is 236 cm³/mol. The molecule has 4 aromatic rings. The number of aromatic nitrogens is 1. The van der Waals surface area contributed by atoms with E-state index in [0.29, 0.717) is 16.8 Å². The maximum absolute atomic E-state index is 17.8. The molecule has 0 bridgehead atoms. The molecule has 1 amide bonds. The van der Waals surface area contributed by atoms with Gasteiger partial charge in [-0.2, -0.15) is 0 Å². The zero-order chi connectivity index (χ0) is 47.0. The fourth-order valence-electron chi connectivity index (χ4n) is 11.8. The molecule has 3 aromatic carbocycles. The summed E-state index contributed by atoms with van der Waals surface area (Å²) in [6.45, 7) is 5.67. The number of aliphatic hydroxyl groups excluding tert-OH is 1. The lowest BCUT2D eigenvalue weighted by molar-refractivity contribution is -0.248. The summed E-state index contributed by atoms with van der Waals surface area (Å²) in [5, 5.41) is 16.6. The molecule has 1 aliphatic heterocycles. The van der Waals surface area contributed by atoms with Crippen LogP contribution in [0.2, 0.25) is 0 Å². The Balaban J connectivity index is 0.840. The maximum atomic E-state index is 17.8. The van der Waals surface area contributed by atoms with Crippen LogP contribution in [0.1, 0.15) is 84.7 Å². The Kier molecular flexibility index (Phi) is 11.2. The molecular formula is C51H51F2N3O10. The summed E-state index contributed by atoms with van der Waals surface area (Å²) in [6, 6.07) is 19.9. The molecule has 1 aromatic heterocycles. The molecule has 4 fully saturated rings. The van der Waals surface area contributed by atoms with Crippen molar-refractivity contribution in [1.82, 2.24) is 4.98 Å². The molecule has 0 radical (unpaired) electrons. The van der Waals surface area contributed by atoms with Gasteiger partial charge in [-0.05, 0) is 123 Å². The lowest BCUT2D eigenvalue weighted by Gasteiger charge is -2.63. The Morgan fingerprint density at radius 3 is 2.39 bits per heavy atom. The van der Waals surface area contributed by atoms with Crippen molar-refractivity contribution in [3.8, 4) is 0 Å². The number of aliphatic hydroxyl groups is 1. The second-order valence-corrected chi connectivity index (χ2v) is 19.1. The number of amides is 1. The van der Waals surface area contributed by atoms with Gasteiger partial charge in [-0.15, -0.1) is 0 Å². The van der Waals surface area contributed by atoms with Crippen LogP contribution < -0.4 is 11.1 Å². The number of hydrogen-bond acceptors (Lipinski definition) is 12. The number of esters is 2. The number of Topliss-reactive ketones (excluding diaryl/α,β-unsaturated/α-hetero) is 1. The van der Waals surface area contributed by atoms with E-state index in [1.807, 2.05) is 18.2 Å². The number of anilines is 1. The van der Waals surface area contributed by atoms with E-state index in [2.05, 4.69) is 10.3 Å². The van der Waals surface area contributed by atoms with Crippen LogP contribution in [0.5, 0.6) is 0 Å². The molecule has 0 spiro atoms. The van der Waals surface area contributed by atoms with Crippen LogP contribution in [0.3, 0.4) is 0 Å². The fraction of sp³-hybridized carbons (Fsp3) is 0.412. The normalized spacial score (nSPS) is 32.0. The van der Waals surface area contributed by atoms with Crippen molar-refractivity contribution < 1.29 is 56.8 Å². The van der Waals surface area contributed by atoms with Gasteiger partial charge in [0.1, 0.15) is 12.8 Å². The van der Waals surface area contributed by atoms with E-state index in [1.165, 1.54) is 43.3 Å². The number of carbonyl (C=O) groups excluding carboxylic acids is 5. The lowest BCUT2D eigenvalue weighted by atomic mass is 9.44. The van der Waals surface area contributed by atoms with Crippen LogP contribution in [0.15, 0.2) is 109 Å². The van der Waals surface area contributed by atoms with Gasteiger partial charge in [0.2, 0.25) is 11.7 Å². The Labute approximate surface area is 379 Å². The van der Waals surface area contributed by atoms with Crippen molar-refractivity contribution in [2.45, 2.75) is 94.9 Å². The van der Waals surface area contributed by atoms with Gasteiger partial charge in [0.15, 0.2) is 29.4 Å². The molecule has 2 heterocycles. The largest absolute Gasteiger partial charge is 0.457 e. The van der Waals surface area contributed by atoms with E-state index in [9.17, 15) is 29.1 Å². The van der Waals surface area contributed by atoms with Crippen molar-refractivity contribution in [2.75, 3.05) is 18.5 Å². The first-order valence-electron chi connectivity index (χ1n) is 22.1. The number of nitrogens with two attached hydrogens (primary N) is 1. The third kappa shape index (κ3) is 7.18. The molecule has 4 aliphatic carbocycles. The number of ketones is 2. The first-order valence-corrected chi connectivity index (χ1v) is 22.1. The summed E-state index contributed by atoms with van der Waals surface area (Å²) in [4.78, 5) is 70.7. The molecule has 3 saturated carbocycles. The van der Waals surface area contributed by atoms with E-state index >= 15 is 8.78 Å². The minimum atomic E-state index is -2.37. The van der Waals surface area contributed by atoms with Gasteiger partial charge in [0, 0.05) is 46.8 Å². The number of nitrogens with zero attached hydrogens (tertiary/aromatic N) is 1. The van der Waals surface area contributed by atoms with Gasteiger partial charge in [-0.1, -0.05) is 43.3 Å². The van der Waals surface area contributed by atoms with E-state index < -0.39 is 94.1 Å². The van der Waals surface area contributed by atoms with Crippen molar-refractivity contribution in [3.05, 3.63) is 131 Å². The number of nitrogens with one attached hydrogen (secondary N) is 1. The maximum Gasteiger partial charge on any atom is 0.338 e. The van der Waals surface area contributed by atoms with Crippen LogP contribution in [-0.2, 0) is 39.9 Å². The van der Waals surface area contributed by atoms with Gasteiger partial charge in [-0.3, -0.25) is 19.4 Å². The number of ether oxygens (including phenoxy) is 4. The molecule has 10 atom stereocenters. The minimum Gasteiger partial charge on any atom is -0.457 e. The molecular weight excluding hydrogens is 853 g/mol. The summed E-state index contributed by atoms with van der Waals surface area (Å²) < 4.78 is 57.7. The number of carbonyl (C=O) groups is 5. The highest BCUT2D eigenvalue weighted by Gasteiger charge is 2.80. The van der Waals surface area contributed by atoms with Gasteiger partial charge in [0.05, 0.1) is 29.3 Å². The minimum absolute atomic E-state index is 0.00970. The van der Waals surface area contributed by atoms with E-state index in [-0.39, 0.29) is 55.0 Å². The summed E-state index contributed by atoms with van der Waals surface area (Å²) in [6.07, 6.45) is 2.37. The summed E-state index contributed by atoms with van der Waals surface area (Å²) in [7, 11) is 0.